The molecule has 3 aromatic rings. The molecule has 0 spiro atoms. The molecule has 0 radical (unpaired) electrons. The predicted molar refractivity (Wildman–Crippen MR) is 136 cm³/mol. The van der Waals surface area contributed by atoms with Crippen LogP contribution in [0.4, 0.5) is 0 Å². The fourth-order valence-electron chi connectivity index (χ4n) is 4.82. The molecule has 0 saturated carbocycles. The number of rotatable bonds is 6. The van der Waals surface area contributed by atoms with Crippen LogP contribution >= 0.6 is 11.6 Å². The lowest BCUT2D eigenvalue weighted by Gasteiger charge is -2.31. The van der Waals surface area contributed by atoms with Gasteiger partial charge in [-0.25, -0.2) is 4.68 Å². The molecule has 1 aromatic heterocycles. The van der Waals surface area contributed by atoms with Gasteiger partial charge in [0.15, 0.2) is 0 Å². The number of nitrogens with zero attached hydrogens (tertiary/aromatic N) is 4. The largest absolute Gasteiger partial charge is 0.507 e. The number of aliphatic hydroxyl groups is 1. The lowest BCUT2D eigenvalue weighted by atomic mass is 9.95. The molecule has 186 valence electrons. The number of halogens is 1. The third-order valence-electron chi connectivity index (χ3n) is 6.73. The van der Waals surface area contributed by atoms with Crippen molar-refractivity contribution < 1.29 is 19.4 Å². The number of likely N-dealkylation sites (tertiary alicyclic amines) is 1. The monoisotopic (exact) mass is 506 g/mol. The molecule has 1 N–H and O–H groups in total. The quantitative estimate of drug-likeness (QED) is 0.312. The lowest BCUT2D eigenvalue weighted by molar-refractivity contribution is -0.140. The number of benzene rings is 2. The highest BCUT2D eigenvalue weighted by Gasteiger charge is 2.46. The highest BCUT2D eigenvalue weighted by atomic mass is 35.5. The minimum atomic E-state index is -0.760. The van der Waals surface area contributed by atoms with Gasteiger partial charge in [-0.05, 0) is 36.8 Å². The average molecular weight is 507 g/mol. The minimum Gasteiger partial charge on any atom is -0.507 e. The molecule has 36 heavy (non-hydrogen) atoms. The molecule has 8 nitrogen and oxygen atoms in total. The van der Waals surface area contributed by atoms with Gasteiger partial charge in [0.1, 0.15) is 5.76 Å². The Morgan fingerprint density at radius 3 is 2.56 bits per heavy atom. The number of morpholine rings is 1. The van der Waals surface area contributed by atoms with Crippen LogP contribution in [0.3, 0.4) is 0 Å². The van der Waals surface area contributed by atoms with E-state index in [1.165, 1.54) is 11.1 Å². The smallest absolute Gasteiger partial charge is 0.295 e. The van der Waals surface area contributed by atoms with Crippen molar-refractivity contribution in [1.82, 2.24) is 19.6 Å². The Bertz CT molecular complexity index is 1310. The van der Waals surface area contributed by atoms with E-state index in [4.69, 9.17) is 16.3 Å². The van der Waals surface area contributed by atoms with E-state index < -0.39 is 17.7 Å². The van der Waals surface area contributed by atoms with Gasteiger partial charge in [-0.15, -0.1) is 0 Å². The Morgan fingerprint density at radius 2 is 1.83 bits per heavy atom. The maximum Gasteiger partial charge on any atom is 0.295 e. The molecule has 3 heterocycles. The van der Waals surface area contributed by atoms with Crippen molar-refractivity contribution in [2.75, 3.05) is 39.4 Å². The van der Waals surface area contributed by atoms with Crippen LogP contribution in [0, 0.1) is 6.92 Å². The minimum absolute atomic E-state index is 0.0416. The van der Waals surface area contributed by atoms with E-state index in [1.54, 1.807) is 22.9 Å². The molecule has 2 aromatic carbocycles. The summed E-state index contributed by atoms with van der Waals surface area (Å²) in [5.41, 5.74) is 2.59. The van der Waals surface area contributed by atoms with Crippen molar-refractivity contribution in [3.63, 3.8) is 0 Å². The van der Waals surface area contributed by atoms with Gasteiger partial charge < -0.3 is 14.7 Å². The van der Waals surface area contributed by atoms with Crippen LogP contribution in [0.5, 0.6) is 0 Å². The number of hydrogen-bond donors (Lipinski definition) is 1. The van der Waals surface area contributed by atoms with Crippen LogP contribution in [-0.4, -0.2) is 75.8 Å². The number of aliphatic hydroxyl groups excluding tert-OH is 1. The van der Waals surface area contributed by atoms with Crippen LogP contribution in [0.2, 0.25) is 5.02 Å². The number of ether oxygens (including phenoxy) is 1. The summed E-state index contributed by atoms with van der Waals surface area (Å²) in [5.74, 6) is -1.60. The second-order valence-corrected chi connectivity index (χ2v) is 9.33. The highest BCUT2D eigenvalue weighted by Crippen LogP contribution is 2.40. The Labute approximate surface area is 214 Å². The average Bonchev–Trinajstić information content (AvgIpc) is 3.40. The molecule has 2 aliphatic rings. The van der Waals surface area contributed by atoms with Crippen molar-refractivity contribution in [2.24, 2.45) is 0 Å². The van der Waals surface area contributed by atoms with Crippen LogP contribution in [0.25, 0.3) is 11.4 Å². The summed E-state index contributed by atoms with van der Waals surface area (Å²) < 4.78 is 7.11. The number of ketones is 1. The molecule has 5 rings (SSSR count). The maximum absolute atomic E-state index is 13.3. The van der Waals surface area contributed by atoms with Crippen LogP contribution in [-0.2, 0) is 14.3 Å². The summed E-state index contributed by atoms with van der Waals surface area (Å²) in [4.78, 5) is 30.3. The highest BCUT2D eigenvalue weighted by molar-refractivity contribution is 6.46. The van der Waals surface area contributed by atoms with E-state index in [9.17, 15) is 14.7 Å². The molecule has 2 aliphatic heterocycles. The summed E-state index contributed by atoms with van der Waals surface area (Å²) >= 11 is 6.28. The van der Waals surface area contributed by atoms with Crippen molar-refractivity contribution in [3.05, 3.63) is 88.2 Å². The number of para-hydroxylation sites is 1. The topological polar surface area (TPSA) is 87.9 Å². The van der Waals surface area contributed by atoms with Gasteiger partial charge in [0, 0.05) is 31.2 Å². The first-order valence-electron chi connectivity index (χ1n) is 11.9. The SMILES string of the molecule is Cc1c(/C(O)=C2/C(=O)C(=O)N(CCN3CCOCC3)C2c2cccc(Cl)c2)cnn1-c1ccccc1. The molecular weight excluding hydrogens is 480 g/mol. The molecule has 0 aliphatic carbocycles. The Balaban J connectivity index is 1.56. The summed E-state index contributed by atoms with van der Waals surface area (Å²) in [5, 5.41) is 16.4. The summed E-state index contributed by atoms with van der Waals surface area (Å²) in [7, 11) is 0. The number of hydrogen-bond acceptors (Lipinski definition) is 6. The van der Waals surface area contributed by atoms with E-state index in [0.29, 0.717) is 48.1 Å². The van der Waals surface area contributed by atoms with Crippen LogP contribution in [0.1, 0.15) is 22.9 Å². The second-order valence-electron chi connectivity index (χ2n) is 8.89. The number of Topliss-reactive ketones (excluding diaryl/α,β-unsaturated/α-hetero) is 1. The first-order chi connectivity index (χ1) is 17.5. The van der Waals surface area contributed by atoms with Gasteiger partial charge in [-0.1, -0.05) is 41.9 Å². The van der Waals surface area contributed by atoms with Gasteiger partial charge in [0.2, 0.25) is 0 Å². The zero-order chi connectivity index (χ0) is 25.2. The zero-order valence-electron chi connectivity index (χ0n) is 19.9. The summed E-state index contributed by atoms with van der Waals surface area (Å²) in [6.07, 6.45) is 1.52. The number of carbonyl (C=O) groups excluding carboxylic acids is 2. The van der Waals surface area contributed by atoms with Crippen molar-refractivity contribution >= 4 is 29.1 Å². The molecule has 2 fully saturated rings. The van der Waals surface area contributed by atoms with Gasteiger partial charge in [0.25, 0.3) is 11.7 Å². The molecule has 1 atom stereocenters. The van der Waals surface area contributed by atoms with Crippen LogP contribution < -0.4 is 0 Å². The Morgan fingerprint density at radius 1 is 1.08 bits per heavy atom. The van der Waals surface area contributed by atoms with Crippen LogP contribution in [0.15, 0.2) is 66.4 Å². The number of amides is 1. The predicted octanol–water partition coefficient (Wildman–Crippen LogP) is 3.59. The molecule has 9 heteroatoms. The van der Waals surface area contributed by atoms with Crippen molar-refractivity contribution in [3.8, 4) is 5.69 Å². The molecule has 1 unspecified atom stereocenters. The van der Waals surface area contributed by atoms with Gasteiger partial charge in [-0.2, -0.15) is 5.10 Å². The van der Waals surface area contributed by atoms with Gasteiger partial charge >= 0.3 is 0 Å². The summed E-state index contributed by atoms with van der Waals surface area (Å²) in [6, 6.07) is 15.8. The fourth-order valence-corrected chi connectivity index (χ4v) is 5.02. The van der Waals surface area contributed by atoms with Crippen molar-refractivity contribution in [2.45, 2.75) is 13.0 Å². The van der Waals surface area contributed by atoms with Crippen molar-refractivity contribution in [1.29, 1.82) is 0 Å². The van der Waals surface area contributed by atoms with Gasteiger partial charge in [-0.3, -0.25) is 14.5 Å². The second kappa shape index (κ2) is 10.3. The van der Waals surface area contributed by atoms with Gasteiger partial charge in [0.05, 0.1) is 48.0 Å². The standard InChI is InChI=1S/C27H27ClN4O4/c1-18-22(17-29-32(18)21-8-3-2-4-9-21)25(33)23-24(19-6-5-7-20(28)16-19)31(27(35)26(23)34)11-10-30-12-14-36-15-13-30/h2-9,16-17,24,33H,10-15H2,1H3/b25-23-. The number of aromatic nitrogens is 2. The van der Waals surface area contributed by atoms with E-state index in [-0.39, 0.29) is 11.3 Å². The number of carbonyl (C=O) groups is 2. The van der Waals surface area contributed by atoms with E-state index in [1.807, 2.05) is 43.3 Å². The molecule has 0 bridgehead atoms. The lowest BCUT2D eigenvalue weighted by Crippen LogP contribution is -2.42. The first-order valence-corrected chi connectivity index (χ1v) is 12.3. The molecule has 2 saturated heterocycles. The zero-order valence-corrected chi connectivity index (χ0v) is 20.7. The third kappa shape index (κ3) is 4.55. The van der Waals surface area contributed by atoms with E-state index in [0.717, 1.165) is 18.8 Å². The maximum atomic E-state index is 13.3. The Hall–Kier alpha value is -3.46. The molecular formula is C27H27ClN4O4. The van der Waals surface area contributed by atoms with E-state index >= 15 is 0 Å². The molecule has 1 amide bonds. The fraction of sp³-hybridized carbons (Fsp3) is 0.296. The van der Waals surface area contributed by atoms with E-state index in [2.05, 4.69) is 10.00 Å². The normalized spacial score (nSPS) is 20.3. The Kier molecular flexibility index (Phi) is 6.91. The first kappa shape index (κ1) is 24.2. The summed E-state index contributed by atoms with van der Waals surface area (Å²) in [6.45, 7) is 5.56. The third-order valence-corrected chi connectivity index (χ3v) is 6.97.